The Hall–Kier alpha value is -4.70. The molecule has 0 radical (unpaired) electrons. The average molecular weight is 726 g/mol. The number of rotatable bonds is 8. The van der Waals surface area contributed by atoms with E-state index >= 15 is 0 Å². The molecule has 10 nitrogen and oxygen atoms in total. The van der Waals surface area contributed by atoms with Crippen LogP contribution >= 0.6 is 0 Å². The first kappa shape index (κ1) is 35.0. The number of nitrogens with one attached hydrogen (secondary N) is 2. The summed E-state index contributed by atoms with van der Waals surface area (Å²) in [6, 6.07) is 25.3. The maximum atomic E-state index is 5.52. The topological polar surface area (TPSA) is 94.6 Å². The molecule has 4 bridgehead atoms. The predicted molar refractivity (Wildman–Crippen MR) is 221 cm³/mol. The second-order valence-corrected chi connectivity index (χ2v) is 16.7. The van der Waals surface area contributed by atoms with Gasteiger partial charge in [0, 0.05) is 68.8 Å². The van der Waals surface area contributed by atoms with E-state index in [1.165, 1.54) is 69.0 Å². The highest BCUT2D eigenvalue weighted by molar-refractivity contribution is 5.91. The van der Waals surface area contributed by atoms with Crippen LogP contribution in [0.15, 0.2) is 72.8 Å². The normalized spacial score (nSPS) is 24.7. The highest BCUT2D eigenvalue weighted by Gasteiger charge is 2.51. The van der Waals surface area contributed by atoms with Crippen molar-refractivity contribution in [3.63, 3.8) is 0 Å². The van der Waals surface area contributed by atoms with Crippen LogP contribution in [0.2, 0.25) is 0 Å². The van der Waals surface area contributed by atoms with Gasteiger partial charge < -0.3 is 30.1 Å². The van der Waals surface area contributed by atoms with Gasteiger partial charge in [-0.15, -0.1) is 0 Å². The van der Waals surface area contributed by atoms with Crippen molar-refractivity contribution in [1.29, 1.82) is 0 Å². The third-order valence-corrected chi connectivity index (χ3v) is 12.5. The van der Waals surface area contributed by atoms with Crippen LogP contribution in [0.3, 0.4) is 0 Å². The molecule has 54 heavy (non-hydrogen) atoms. The molecule has 2 N–H and O–H groups in total. The molecule has 5 aromatic rings. The Labute approximate surface area is 319 Å². The first-order chi connectivity index (χ1) is 26.5. The van der Waals surface area contributed by atoms with Gasteiger partial charge >= 0.3 is 0 Å². The lowest BCUT2D eigenvalue weighted by atomic mass is 9.53. The van der Waals surface area contributed by atoms with Gasteiger partial charge in [0.15, 0.2) is 0 Å². The van der Waals surface area contributed by atoms with E-state index in [-0.39, 0.29) is 5.54 Å². The summed E-state index contributed by atoms with van der Waals surface area (Å²) >= 11 is 0. The number of anilines is 5. The van der Waals surface area contributed by atoms with Crippen LogP contribution in [-0.4, -0.2) is 79.0 Å². The number of fused-ring (bicyclic) bond motifs is 2. The number of benzene rings is 3. The minimum Gasteiger partial charge on any atom is -0.378 e. The Bertz CT molecular complexity index is 2020. The SMILES string of the molecule is CN(C)c1ccc(CNc2nc(N3CCCCC3)nc3ccccc23)cc1.c1ccc2c(NC34CC5CC(CC(C5)C3)C4)nc(N3CCOCC3)nc2c1. The van der Waals surface area contributed by atoms with Crippen molar-refractivity contribution in [2.45, 2.75) is 69.9 Å². The lowest BCUT2D eigenvalue weighted by Crippen LogP contribution is -2.55. The second kappa shape index (κ2) is 15.2. The van der Waals surface area contributed by atoms with Crippen molar-refractivity contribution in [3.8, 4) is 0 Å². The monoisotopic (exact) mass is 725 g/mol. The Morgan fingerprint density at radius 1 is 0.648 bits per heavy atom. The summed E-state index contributed by atoms with van der Waals surface area (Å²) in [5.41, 5.74) is 4.75. The molecule has 2 aromatic heterocycles. The van der Waals surface area contributed by atoms with E-state index in [9.17, 15) is 0 Å². The molecular weight excluding hydrogens is 671 g/mol. The number of para-hydroxylation sites is 2. The zero-order valence-corrected chi connectivity index (χ0v) is 32.0. The summed E-state index contributed by atoms with van der Waals surface area (Å²) in [7, 11) is 4.12. The fraction of sp³-hybridized carbons (Fsp3) is 0.500. The van der Waals surface area contributed by atoms with Gasteiger partial charge in [-0.3, -0.25) is 0 Å². The van der Waals surface area contributed by atoms with Gasteiger partial charge in [-0.05, 0) is 118 Å². The van der Waals surface area contributed by atoms with E-state index in [2.05, 4.69) is 100 Å². The van der Waals surface area contributed by atoms with Crippen molar-refractivity contribution >= 4 is 51.0 Å². The van der Waals surface area contributed by atoms with Gasteiger partial charge in [-0.25, -0.2) is 9.97 Å². The standard InChI is InChI=1S/C22H27N5.C22H28N4O/c1-26(2)18-12-10-17(11-13-18)16-23-21-19-8-4-5-9-20(19)24-22(25-21)27-14-6-3-7-15-27;1-2-4-19-18(3-1)20(24-21(23-19)26-5-7-27-8-6-26)25-22-12-15-9-16(13-22)11-17(10-15)14-22/h4-5,8-13H,3,6-7,14-16H2,1-2H3,(H,23,24,25);1-4,15-17H,5-14H2,(H,23,24,25). The van der Waals surface area contributed by atoms with Crippen LogP contribution in [0, 0.1) is 17.8 Å². The number of nitrogens with zero attached hydrogens (tertiary/aromatic N) is 7. The average Bonchev–Trinajstić information content (AvgIpc) is 3.20. The fourth-order valence-corrected chi connectivity index (χ4v) is 10.1. The van der Waals surface area contributed by atoms with E-state index < -0.39 is 0 Å². The number of hydrogen-bond donors (Lipinski definition) is 2. The molecule has 10 heteroatoms. The molecule has 6 fully saturated rings. The molecule has 282 valence electrons. The van der Waals surface area contributed by atoms with E-state index in [0.29, 0.717) is 0 Å². The molecule has 2 aliphatic heterocycles. The lowest BCUT2D eigenvalue weighted by molar-refractivity contribution is 0.0106. The molecule has 2 saturated heterocycles. The molecule has 4 saturated carbocycles. The van der Waals surface area contributed by atoms with Crippen molar-refractivity contribution < 1.29 is 4.74 Å². The summed E-state index contributed by atoms with van der Waals surface area (Å²) in [4.78, 5) is 26.3. The minimum absolute atomic E-state index is 0.258. The number of morpholine rings is 1. The molecule has 0 unspecified atom stereocenters. The van der Waals surface area contributed by atoms with Gasteiger partial charge in [0.05, 0.1) is 24.2 Å². The molecule has 3 aromatic carbocycles. The largest absolute Gasteiger partial charge is 0.378 e. The molecule has 0 spiro atoms. The minimum atomic E-state index is 0.258. The summed E-state index contributed by atoms with van der Waals surface area (Å²) in [5.74, 6) is 6.44. The van der Waals surface area contributed by atoms with Crippen molar-refractivity contribution in [1.82, 2.24) is 19.9 Å². The van der Waals surface area contributed by atoms with Gasteiger partial charge in [0.1, 0.15) is 11.6 Å². The molecule has 4 heterocycles. The van der Waals surface area contributed by atoms with Crippen LogP contribution in [0.1, 0.15) is 63.4 Å². The smallest absolute Gasteiger partial charge is 0.228 e. The van der Waals surface area contributed by atoms with Crippen molar-refractivity contribution in [2.75, 3.05) is 78.8 Å². The summed E-state index contributed by atoms with van der Waals surface area (Å²) in [6.45, 7) is 6.09. The number of piperidine rings is 1. The van der Waals surface area contributed by atoms with Crippen LogP contribution in [-0.2, 0) is 11.3 Å². The number of hydrogen-bond acceptors (Lipinski definition) is 10. The van der Waals surface area contributed by atoms with Crippen molar-refractivity contribution in [2.24, 2.45) is 17.8 Å². The maximum absolute atomic E-state index is 5.52. The number of aromatic nitrogens is 4. The second-order valence-electron chi connectivity index (χ2n) is 16.7. The van der Waals surface area contributed by atoms with Crippen LogP contribution in [0.4, 0.5) is 29.2 Å². The Kier molecular flexibility index (Phi) is 9.86. The number of ether oxygens (including phenoxy) is 1. The maximum Gasteiger partial charge on any atom is 0.228 e. The van der Waals surface area contributed by atoms with Gasteiger partial charge in [-0.2, -0.15) is 9.97 Å². The molecule has 11 rings (SSSR count). The lowest BCUT2D eigenvalue weighted by Gasteiger charge is -2.57. The van der Waals surface area contributed by atoms with E-state index in [4.69, 9.17) is 24.7 Å². The Morgan fingerprint density at radius 3 is 1.78 bits per heavy atom. The third kappa shape index (κ3) is 7.50. The quantitative estimate of drug-likeness (QED) is 0.163. The Balaban J connectivity index is 0.000000142. The third-order valence-electron chi connectivity index (χ3n) is 12.5. The summed E-state index contributed by atoms with van der Waals surface area (Å²) in [5, 5.41) is 9.77. The Morgan fingerprint density at radius 2 is 1.19 bits per heavy atom. The van der Waals surface area contributed by atoms with Gasteiger partial charge in [0.2, 0.25) is 11.9 Å². The molecule has 0 amide bonds. The van der Waals surface area contributed by atoms with Gasteiger partial charge in [-0.1, -0.05) is 36.4 Å². The molecule has 4 aliphatic carbocycles. The summed E-state index contributed by atoms with van der Waals surface area (Å²) in [6.07, 6.45) is 12.1. The summed E-state index contributed by atoms with van der Waals surface area (Å²) < 4.78 is 5.52. The van der Waals surface area contributed by atoms with Crippen LogP contribution in [0.25, 0.3) is 21.8 Å². The zero-order chi connectivity index (χ0) is 36.5. The van der Waals surface area contributed by atoms with Crippen molar-refractivity contribution in [3.05, 3.63) is 78.4 Å². The van der Waals surface area contributed by atoms with E-state index in [1.807, 2.05) is 12.1 Å². The highest BCUT2D eigenvalue weighted by atomic mass is 16.5. The zero-order valence-electron chi connectivity index (χ0n) is 32.0. The predicted octanol–water partition coefficient (Wildman–Crippen LogP) is 8.15. The fourth-order valence-electron chi connectivity index (χ4n) is 10.1. The highest BCUT2D eigenvalue weighted by Crippen LogP contribution is 2.56. The van der Waals surface area contributed by atoms with E-state index in [0.717, 1.165) is 109 Å². The first-order valence-electron chi connectivity index (χ1n) is 20.4. The molecule has 6 aliphatic rings. The van der Waals surface area contributed by atoms with Crippen LogP contribution < -0.4 is 25.3 Å². The molecule has 0 atom stereocenters. The van der Waals surface area contributed by atoms with Gasteiger partial charge in [0.25, 0.3) is 0 Å². The van der Waals surface area contributed by atoms with Crippen LogP contribution in [0.5, 0.6) is 0 Å². The molecular formula is C44H55N9O. The van der Waals surface area contributed by atoms with E-state index in [1.54, 1.807) is 0 Å². The first-order valence-corrected chi connectivity index (χ1v) is 20.4.